The summed E-state index contributed by atoms with van der Waals surface area (Å²) in [6.07, 6.45) is 0.669. The summed E-state index contributed by atoms with van der Waals surface area (Å²) in [6.45, 7) is 1.83. The van der Waals surface area contributed by atoms with E-state index in [4.69, 9.17) is 4.74 Å². The monoisotopic (exact) mass is 366 g/mol. The normalized spacial score (nSPS) is 14.9. The molecule has 0 spiro atoms. The van der Waals surface area contributed by atoms with Crippen LogP contribution < -0.4 is 20.7 Å². The number of aliphatic hydroxyl groups is 1. The van der Waals surface area contributed by atoms with Gasteiger partial charge in [-0.15, -0.1) is 0 Å². The number of ether oxygens (including phenoxy) is 1. The predicted molar refractivity (Wildman–Crippen MR) is 99.9 cm³/mol. The minimum atomic E-state index is -0.912. The first-order valence-electron chi connectivity index (χ1n) is 8.29. The molecule has 1 aliphatic rings. The van der Waals surface area contributed by atoms with E-state index < -0.39 is 6.35 Å². The van der Waals surface area contributed by atoms with Crippen LogP contribution >= 0.6 is 0 Å². The van der Waals surface area contributed by atoms with Crippen LogP contribution in [0.15, 0.2) is 42.6 Å². The molecule has 1 aliphatic heterocycles. The predicted octanol–water partition coefficient (Wildman–Crippen LogP) is 2.28. The van der Waals surface area contributed by atoms with Gasteiger partial charge in [-0.1, -0.05) is 6.07 Å². The van der Waals surface area contributed by atoms with Crippen LogP contribution in [0.4, 0.5) is 17.2 Å². The van der Waals surface area contributed by atoms with Gasteiger partial charge < -0.3 is 25.8 Å². The molecule has 138 valence electrons. The summed E-state index contributed by atoms with van der Waals surface area (Å²) in [7, 11) is 1.72. The lowest BCUT2D eigenvalue weighted by atomic mass is 10.2. The number of rotatable bonds is 4. The van der Waals surface area contributed by atoms with Gasteiger partial charge in [0.25, 0.3) is 5.91 Å². The van der Waals surface area contributed by atoms with Crippen molar-refractivity contribution < 1.29 is 14.6 Å². The first-order valence-corrected chi connectivity index (χ1v) is 8.29. The van der Waals surface area contributed by atoms with Crippen LogP contribution in [0.5, 0.6) is 11.5 Å². The lowest BCUT2D eigenvalue weighted by Gasteiger charge is -2.11. The van der Waals surface area contributed by atoms with Crippen molar-refractivity contribution in [2.24, 2.45) is 7.05 Å². The van der Waals surface area contributed by atoms with Crippen molar-refractivity contribution in [2.45, 2.75) is 13.3 Å². The Morgan fingerprint density at radius 2 is 2.15 bits per heavy atom. The van der Waals surface area contributed by atoms with E-state index in [-0.39, 0.29) is 5.91 Å². The Hall–Kier alpha value is -3.59. The zero-order valence-electron chi connectivity index (χ0n) is 14.7. The fourth-order valence-corrected chi connectivity index (χ4v) is 2.86. The van der Waals surface area contributed by atoms with Gasteiger partial charge in [0, 0.05) is 31.1 Å². The molecule has 1 unspecified atom stereocenters. The van der Waals surface area contributed by atoms with E-state index in [2.05, 4.69) is 26.0 Å². The van der Waals surface area contributed by atoms with E-state index in [1.54, 1.807) is 49.6 Å². The lowest BCUT2D eigenvalue weighted by molar-refractivity contribution is 0.101. The molecule has 2 aromatic heterocycles. The molecule has 3 aromatic rings. The number of hydrogen-bond donors (Lipinski definition) is 4. The Kier molecular flexibility index (Phi) is 4.13. The molecule has 1 amide bonds. The Bertz CT molecular complexity index is 1020. The second-order valence-corrected chi connectivity index (χ2v) is 6.10. The Morgan fingerprint density at radius 1 is 1.30 bits per heavy atom. The molecule has 4 rings (SSSR count). The number of aromatic nitrogens is 3. The maximum absolute atomic E-state index is 12.4. The van der Waals surface area contributed by atoms with Gasteiger partial charge in [-0.2, -0.15) is 5.10 Å². The average molecular weight is 366 g/mol. The van der Waals surface area contributed by atoms with Crippen molar-refractivity contribution in [2.75, 3.05) is 16.0 Å². The van der Waals surface area contributed by atoms with Crippen LogP contribution in [0, 0.1) is 6.92 Å². The van der Waals surface area contributed by atoms with Gasteiger partial charge in [-0.3, -0.25) is 9.48 Å². The molecule has 0 bridgehead atoms. The van der Waals surface area contributed by atoms with E-state index in [0.29, 0.717) is 34.4 Å². The minimum absolute atomic E-state index is 0.256. The smallest absolute Gasteiger partial charge is 0.273 e. The van der Waals surface area contributed by atoms with Crippen LogP contribution in [0.1, 0.15) is 16.2 Å². The van der Waals surface area contributed by atoms with Crippen molar-refractivity contribution in [3.8, 4) is 11.5 Å². The number of pyridine rings is 1. The molecule has 0 radical (unpaired) electrons. The molecule has 4 N–H and O–H groups in total. The van der Waals surface area contributed by atoms with Crippen molar-refractivity contribution in [3.05, 3.63) is 54.0 Å². The van der Waals surface area contributed by atoms with Crippen molar-refractivity contribution in [1.29, 1.82) is 0 Å². The Balaban J connectivity index is 1.53. The highest BCUT2D eigenvalue weighted by Crippen LogP contribution is 2.38. The molecule has 27 heavy (non-hydrogen) atoms. The number of nitrogens with one attached hydrogen (secondary N) is 3. The fraction of sp³-hybridized carbons (Fsp3) is 0.167. The number of aliphatic hydroxyl groups excluding tert-OH is 1. The highest BCUT2D eigenvalue weighted by atomic mass is 16.5. The molecule has 0 saturated heterocycles. The standard InChI is InChI=1S/C18H18N6O3/c1-10-8-13(24(2)23-10)17(25)20-11-4-3-5-12(9-11)27-14-6-7-19-16-15(14)21-18(26)22-16/h3-9,18,21,26H,1-2H3,(H,19,22)(H,20,25). The minimum Gasteiger partial charge on any atom is -0.455 e. The zero-order valence-corrected chi connectivity index (χ0v) is 14.7. The van der Waals surface area contributed by atoms with Gasteiger partial charge in [0.05, 0.1) is 5.69 Å². The number of aryl methyl sites for hydroxylation is 2. The Labute approximate surface area is 155 Å². The fourth-order valence-electron chi connectivity index (χ4n) is 2.86. The molecule has 1 aromatic carbocycles. The van der Waals surface area contributed by atoms with E-state index in [0.717, 1.165) is 5.69 Å². The van der Waals surface area contributed by atoms with Gasteiger partial charge in [0.2, 0.25) is 6.35 Å². The first-order chi connectivity index (χ1) is 13.0. The number of anilines is 3. The van der Waals surface area contributed by atoms with E-state index in [9.17, 15) is 9.90 Å². The first kappa shape index (κ1) is 16.9. The van der Waals surface area contributed by atoms with Gasteiger partial charge >= 0.3 is 0 Å². The molecular weight excluding hydrogens is 348 g/mol. The summed E-state index contributed by atoms with van der Waals surface area (Å²) in [6, 6.07) is 10.5. The summed E-state index contributed by atoms with van der Waals surface area (Å²) in [5, 5.41) is 22.3. The van der Waals surface area contributed by atoms with Crippen molar-refractivity contribution in [1.82, 2.24) is 14.8 Å². The van der Waals surface area contributed by atoms with Crippen LogP contribution in [-0.2, 0) is 7.05 Å². The molecule has 1 atom stereocenters. The van der Waals surface area contributed by atoms with Crippen LogP contribution in [0.25, 0.3) is 0 Å². The third-order valence-corrected chi connectivity index (χ3v) is 4.02. The second-order valence-electron chi connectivity index (χ2n) is 6.10. The highest BCUT2D eigenvalue weighted by Gasteiger charge is 2.22. The number of hydrogen-bond acceptors (Lipinski definition) is 7. The quantitative estimate of drug-likeness (QED) is 0.560. The molecule has 3 heterocycles. The van der Waals surface area contributed by atoms with Crippen LogP contribution in [0.3, 0.4) is 0 Å². The van der Waals surface area contributed by atoms with Gasteiger partial charge in [0.15, 0.2) is 11.6 Å². The molecule has 0 aliphatic carbocycles. The number of benzene rings is 1. The summed E-state index contributed by atoms with van der Waals surface area (Å²) < 4.78 is 7.44. The lowest BCUT2D eigenvalue weighted by Crippen LogP contribution is -2.20. The third-order valence-electron chi connectivity index (χ3n) is 4.02. The zero-order chi connectivity index (χ0) is 19.0. The SMILES string of the molecule is Cc1cc(C(=O)Nc2cccc(Oc3ccnc4c3NC(O)N4)c2)n(C)n1. The van der Waals surface area contributed by atoms with Crippen molar-refractivity contribution in [3.63, 3.8) is 0 Å². The summed E-state index contributed by atoms with van der Waals surface area (Å²) in [5.41, 5.74) is 2.41. The van der Waals surface area contributed by atoms with Crippen molar-refractivity contribution >= 4 is 23.1 Å². The van der Waals surface area contributed by atoms with E-state index in [1.807, 2.05) is 6.92 Å². The maximum atomic E-state index is 12.4. The number of fused-ring (bicyclic) bond motifs is 1. The van der Waals surface area contributed by atoms with Crippen LogP contribution in [0.2, 0.25) is 0 Å². The molecule has 9 heteroatoms. The maximum Gasteiger partial charge on any atom is 0.273 e. The summed E-state index contributed by atoms with van der Waals surface area (Å²) in [4.78, 5) is 16.6. The largest absolute Gasteiger partial charge is 0.455 e. The van der Waals surface area contributed by atoms with Gasteiger partial charge in [0.1, 0.15) is 17.1 Å². The average Bonchev–Trinajstić information content (AvgIpc) is 3.17. The summed E-state index contributed by atoms with van der Waals surface area (Å²) >= 11 is 0. The van der Waals surface area contributed by atoms with E-state index in [1.165, 1.54) is 4.68 Å². The highest BCUT2D eigenvalue weighted by molar-refractivity contribution is 6.03. The molecule has 0 saturated carbocycles. The van der Waals surface area contributed by atoms with E-state index >= 15 is 0 Å². The summed E-state index contributed by atoms with van der Waals surface area (Å²) in [5.74, 6) is 1.30. The van der Waals surface area contributed by atoms with Gasteiger partial charge in [-0.25, -0.2) is 4.98 Å². The molecular formula is C18H18N6O3. The van der Waals surface area contributed by atoms with Gasteiger partial charge in [-0.05, 0) is 25.1 Å². The topological polar surface area (TPSA) is 113 Å². The van der Waals surface area contributed by atoms with Crippen LogP contribution in [-0.4, -0.2) is 32.1 Å². The molecule has 9 nitrogen and oxygen atoms in total. The second kappa shape index (κ2) is 6.61. The molecule has 0 fully saturated rings. The number of carbonyl (C=O) groups excluding carboxylic acids is 1. The number of carbonyl (C=O) groups is 1. The number of amides is 1. The third kappa shape index (κ3) is 3.40. The Morgan fingerprint density at radius 3 is 2.93 bits per heavy atom. The number of nitrogens with zero attached hydrogens (tertiary/aromatic N) is 3.